The van der Waals surface area contributed by atoms with Crippen molar-refractivity contribution in [1.29, 1.82) is 0 Å². The van der Waals surface area contributed by atoms with Crippen molar-refractivity contribution in [1.82, 2.24) is 9.80 Å². The number of halogens is 3. The quantitative estimate of drug-likeness (QED) is 0.198. The number of rotatable bonds is 7. The normalized spacial score (nSPS) is 20.9. The van der Waals surface area contributed by atoms with Gasteiger partial charge >= 0.3 is 6.18 Å². The molecular weight excluding hydrogens is 667 g/mol. The van der Waals surface area contributed by atoms with E-state index >= 15 is 4.79 Å². The molecule has 4 aromatic carbocycles. The van der Waals surface area contributed by atoms with Crippen LogP contribution in [-0.2, 0) is 35.2 Å². The summed E-state index contributed by atoms with van der Waals surface area (Å²) in [6.45, 7) is 4.96. The van der Waals surface area contributed by atoms with Crippen molar-refractivity contribution in [3.8, 4) is 0 Å². The second-order valence-electron chi connectivity index (χ2n) is 14.6. The van der Waals surface area contributed by atoms with Gasteiger partial charge in [-0.3, -0.25) is 24.1 Å². The molecule has 7 nitrogen and oxygen atoms in total. The van der Waals surface area contributed by atoms with Crippen LogP contribution in [0, 0.1) is 32.6 Å². The molecule has 0 unspecified atom stereocenters. The fourth-order valence-electron chi connectivity index (χ4n) is 8.63. The molecule has 3 aliphatic rings. The summed E-state index contributed by atoms with van der Waals surface area (Å²) in [5.74, 6) is -1.98. The Hall–Kier alpha value is -5.25. The number of anilines is 1. The van der Waals surface area contributed by atoms with Crippen LogP contribution in [0.1, 0.15) is 78.9 Å². The summed E-state index contributed by atoms with van der Waals surface area (Å²) in [6, 6.07) is 23.1. The molecule has 4 amide bonds. The molecule has 1 N–H and O–H groups in total. The van der Waals surface area contributed by atoms with Gasteiger partial charge < -0.3 is 10.2 Å². The van der Waals surface area contributed by atoms with E-state index in [9.17, 15) is 27.6 Å². The summed E-state index contributed by atoms with van der Waals surface area (Å²) < 4.78 is 40.7. The van der Waals surface area contributed by atoms with Gasteiger partial charge in [0.05, 0.1) is 16.7 Å². The average Bonchev–Trinajstić information content (AvgIpc) is 3.35. The zero-order valence-electron chi connectivity index (χ0n) is 29.3. The SMILES string of the molecule is Cc1cc(C)c(NC(=O)[C@]2(N(Cc3ccc(C(F)(F)F)cc3)C(=O)CN3C(=O)c4ccccc4C3=O)CC[C@@H]3Cc4ccccc4C[C@H]3C2)c(C)c1. The highest BCUT2D eigenvalue weighted by atomic mass is 19.4. The predicted octanol–water partition coefficient (Wildman–Crippen LogP) is 7.85. The van der Waals surface area contributed by atoms with Crippen LogP contribution in [0.2, 0.25) is 0 Å². The number of imide groups is 1. The Balaban J connectivity index is 1.31. The molecule has 1 saturated carbocycles. The minimum atomic E-state index is -4.56. The van der Waals surface area contributed by atoms with Crippen LogP contribution in [-0.4, -0.2) is 45.5 Å². The highest BCUT2D eigenvalue weighted by Gasteiger charge is 2.53. The molecule has 268 valence electrons. The number of aryl methyl sites for hydroxylation is 3. The van der Waals surface area contributed by atoms with E-state index < -0.39 is 47.5 Å². The summed E-state index contributed by atoms with van der Waals surface area (Å²) in [6.07, 6.45) is -1.78. The number of nitrogens with zero attached hydrogens (tertiary/aromatic N) is 2. The minimum Gasteiger partial charge on any atom is -0.324 e. The number of benzene rings is 4. The zero-order chi connectivity index (χ0) is 36.9. The highest BCUT2D eigenvalue weighted by Crippen LogP contribution is 2.47. The molecule has 1 aliphatic heterocycles. The third-order valence-corrected chi connectivity index (χ3v) is 11.2. The second-order valence-corrected chi connectivity index (χ2v) is 14.6. The molecule has 2 aliphatic carbocycles. The van der Waals surface area contributed by atoms with Crippen molar-refractivity contribution in [2.45, 2.75) is 71.1 Å². The van der Waals surface area contributed by atoms with Crippen molar-refractivity contribution in [2.24, 2.45) is 11.8 Å². The van der Waals surface area contributed by atoms with Crippen molar-refractivity contribution >= 4 is 29.3 Å². The Morgan fingerprint density at radius 2 is 1.38 bits per heavy atom. The van der Waals surface area contributed by atoms with E-state index in [1.807, 2.05) is 45.0 Å². The topological polar surface area (TPSA) is 86.8 Å². The number of nitrogens with one attached hydrogen (secondary N) is 1. The summed E-state index contributed by atoms with van der Waals surface area (Å²) >= 11 is 0. The number of fused-ring (bicyclic) bond motifs is 3. The van der Waals surface area contributed by atoms with Gasteiger partial charge in [-0.1, -0.05) is 66.2 Å². The first-order valence-electron chi connectivity index (χ1n) is 17.6. The largest absolute Gasteiger partial charge is 0.416 e. The molecule has 52 heavy (non-hydrogen) atoms. The molecule has 1 heterocycles. The molecule has 0 aromatic heterocycles. The van der Waals surface area contributed by atoms with Crippen LogP contribution in [0.5, 0.6) is 0 Å². The first-order valence-corrected chi connectivity index (χ1v) is 17.6. The Kier molecular flexibility index (Phi) is 9.05. The van der Waals surface area contributed by atoms with Crippen molar-refractivity contribution in [3.05, 3.63) is 135 Å². The number of carbonyl (C=O) groups is 4. The van der Waals surface area contributed by atoms with E-state index in [2.05, 4.69) is 17.4 Å². The van der Waals surface area contributed by atoms with Crippen LogP contribution >= 0.6 is 0 Å². The molecule has 1 fully saturated rings. The van der Waals surface area contributed by atoms with Crippen LogP contribution in [0.3, 0.4) is 0 Å². The lowest BCUT2D eigenvalue weighted by Gasteiger charge is -2.51. The summed E-state index contributed by atoms with van der Waals surface area (Å²) in [5.41, 5.74) is 4.32. The van der Waals surface area contributed by atoms with E-state index in [0.29, 0.717) is 36.9 Å². The Morgan fingerprint density at radius 1 is 0.827 bits per heavy atom. The van der Waals surface area contributed by atoms with Crippen LogP contribution in [0.25, 0.3) is 0 Å². The van der Waals surface area contributed by atoms with Gasteiger partial charge in [0.1, 0.15) is 12.1 Å². The first-order chi connectivity index (χ1) is 24.7. The monoisotopic (exact) mass is 707 g/mol. The summed E-state index contributed by atoms with van der Waals surface area (Å²) in [5, 5.41) is 3.18. The highest BCUT2D eigenvalue weighted by molar-refractivity contribution is 6.22. The minimum absolute atomic E-state index is 0.0248. The van der Waals surface area contributed by atoms with E-state index in [1.165, 1.54) is 40.3 Å². The lowest BCUT2D eigenvalue weighted by molar-refractivity contribution is -0.151. The number of alkyl halides is 3. The van der Waals surface area contributed by atoms with E-state index in [4.69, 9.17) is 0 Å². The smallest absolute Gasteiger partial charge is 0.324 e. The second kappa shape index (κ2) is 13.4. The van der Waals surface area contributed by atoms with Gasteiger partial charge in [0.25, 0.3) is 11.8 Å². The van der Waals surface area contributed by atoms with Crippen LogP contribution in [0.4, 0.5) is 18.9 Å². The molecule has 0 saturated heterocycles. The number of hydrogen-bond donors (Lipinski definition) is 1. The average molecular weight is 708 g/mol. The third kappa shape index (κ3) is 6.39. The molecule has 0 spiro atoms. The maximum absolute atomic E-state index is 15.1. The standard InChI is InChI=1S/C42H40F3N3O4/c1-25-18-26(2)37(27(3)19-25)46-40(52)41(17-16-31-20-29-8-4-5-9-30(29)21-32(31)22-41)48(23-28-12-14-33(15-13-28)42(43,44)45)36(49)24-47-38(50)34-10-6-7-11-35(34)39(47)51/h4-15,18-19,31-32H,16-17,20-24H2,1-3H3,(H,46,52)/t31-,32+,41+/m1/s1. The lowest BCUT2D eigenvalue weighted by atomic mass is 9.62. The molecule has 0 radical (unpaired) electrons. The fourth-order valence-corrected chi connectivity index (χ4v) is 8.63. The fraction of sp³-hybridized carbons (Fsp3) is 0.333. The number of carbonyl (C=O) groups excluding carboxylic acids is 4. The zero-order valence-corrected chi connectivity index (χ0v) is 29.3. The molecule has 7 rings (SSSR count). The molecule has 4 aromatic rings. The first kappa shape index (κ1) is 35.2. The third-order valence-electron chi connectivity index (χ3n) is 11.2. The van der Waals surface area contributed by atoms with E-state index in [1.54, 1.807) is 12.1 Å². The van der Waals surface area contributed by atoms with E-state index in [0.717, 1.165) is 40.1 Å². The maximum Gasteiger partial charge on any atom is 0.416 e. The van der Waals surface area contributed by atoms with Gasteiger partial charge in [0.15, 0.2) is 0 Å². The van der Waals surface area contributed by atoms with Gasteiger partial charge in [0, 0.05) is 12.2 Å². The van der Waals surface area contributed by atoms with Crippen molar-refractivity contribution in [2.75, 3.05) is 11.9 Å². The van der Waals surface area contributed by atoms with Gasteiger partial charge in [0.2, 0.25) is 11.8 Å². The van der Waals surface area contributed by atoms with Gasteiger partial charge in [-0.25, -0.2) is 0 Å². The van der Waals surface area contributed by atoms with Gasteiger partial charge in [-0.05, 0) is 117 Å². The molecule has 0 bridgehead atoms. The summed E-state index contributed by atoms with van der Waals surface area (Å²) in [4.78, 5) is 59.1. The lowest BCUT2D eigenvalue weighted by Crippen LogP contribution is -2.63. The Bertz CT molecular complexity index is 2030. The molecule has 3 atom stereocenters. The summed E-state index contributed by atoms with van der Waals surface area (Å²) in [7, 11) is 0. The van der Waals surface area contributed by atoms with Crippen molar-refractivity contribution in [3.63, 3.8) is 0 Å². The number of amides is 4. The molecular formula is C42H40F3N3O4. The van der Waals surface area contributed by atoms with Gasteiger partial charge in [-0.15, -0.1) is 0 Å². The van der Waals surface area contributed by atoms with Crippen LogP contribution in [0.15, 0.2) is 84.9 Å². The van der Waals surface area contributed by atoms with Gasteiger partial charge in [-0.2, -0.15) is 13.2 Å². The van der Waals surface area contributed by atoms with E-state index in [-0.39, 0.29) is 29.5 Å². The van der Waals surface area contributed by atoms with Crippen LogP contribution < -0.4 is 5.32 Å². The number of hydrogen-bond acceptors (Lipinski definition) is 4. The van der Waals surface area contributed by atoms with Crippen molar-refractivity contribution < 1.29 is 32.3 Å². The Morgan fingerprint density at radius 3 is 1.96 bits per heavy atom. The maximum atomic E-state index is 15.1. The predicted molar refractivity (Wildman–Crippen MR) is 190 cm³/mol. The molecule has 10 heteroatoms. The Labute approximate surface area is 300 Å².